The number of nitrogens with zero attached hydrogens (tertiary/aromatic N) is 3. The summed E-state index contributed by atoms with van der Waals surface area (Å²) in [6, 6.07) is 4.23. The van der Waals surface area contributed by atoms with E-state index in [0.717, 1.165) is 61.2 Å². The van der Waals surface area contributed by atoms with Crippen LogP contribution < -0.4 is 10.6 Å². The Morgan fingerprint density at radius 2 is 2.07 bits per heavy atom. The van der Waals surface area contributed by atoms with Gasteiger partial charge < -0.3 is 19.6 Å². The second kappa shape index (κ2) is 9.60. The second-order valence-electron chi connectivity index (χ2n) is 6.82. The maximum absolute atomic E-state index is 5.69. The van der Waals surface area contributed by atoms with E-state index >= 15 is 0 Å². The molecule has 1 aliphatic rings. The standard InChI is InChI=1S/C20H31N5O2/c1-4-16-15(18(5-2)27-24-16)13-22-20(21-3)23-14-17(19-9-8-12-26-19)25-10-6-7-11-25/h8-9,12,17H,4-7,10-11,13-14H2,1-3H3,(H2,21,22,23). The minimum absolute atomic E-state index is 0.217. The Bertz CT molecular complexity index is 695. The van der Waals surface area contributed by atoms with Crippen molar-refractivity contribution in [3.05, 3.63) is 41.2 Å². The second-order valence-corrected chi connectivity index (χ2v) is 6.82. The van der Waals surface area contributed by atoms with Crippen molar-refractivity contribution in [3.63, 3.8) is 0 Å². The number of aromatic nitrogens is 1. The van der Waals surface area contributed by atoms with Crippen molar-refractivity contribution in [3.8, 4) is 0 Å². The molecule has 7 heteroatoms. The smallest absolute Gasteiger partial charge is 0.191 e. The summed E-state index contributed by atoms with van der Waals surface area (Å²) < 4.78 is 11.1. The van der Waals surface area contributed by atoms with Crippen LogP contribution >= 0.6 is 0 Å². The van der Waals surface area contributed by atoms with Crippen molar-refractivity contribution in [2.45, 2.75) is 52.1 Å². The van der Waals surface area contributed by atoms with Crippen molar-refractivity contribution in [1.82, 2.24) is 20.7 Å². The van der Waals surface area contributed by atoms with Gasteiger partial charge in [-0.25, -0.2) is 0 Å². The van der Waals surface area contributed by atoms with E-state index in [4.69, 9.17) is 8.94 Å². The quantitative estimate of drug-likeness (QED) is 0.547. The lowest BCUT2D eigenvalue weighted by Gasteiger charge is -2.26. The third-order valence-electron chi connectivity index (χ3n) is 5.18. The number of likely N-dealkylation sites (tertiary alicyclic amines) is 1. The molecule has 7 nitrogen and oxygen atoms in total. The summed E-state index contributed by atoms with van der Waals surface area (Å²) in [5, 5.41) is 11.0. The van der Waals surface area contributed by atoms with E-state index < -0.39 is 0 Å². The molecule has 2 aromatic rings. The van der Waals surface area contributed by atoms with Gasteiger partial charge in [0, 0.05) is 32.1 Å². The van der Waals surface area contributed by atoms with Crippen LogP contribution in [0.3, 0.4) is 0 Å². The summed E-state index contributed by atoms with van der Waals surface area (Å²) in [5.41, 5.74) is 2.16. The largest absolute Gasteiger partial charge is 0.468 e. The van der Waals surface area contributed by atoms with Crippen molar-refractivity contribution in [2.24, 2.45) is 4.99 Å². The molecule has 1 unspecified atom stereocenters. The van der Waals surface area contributed by atoms with Crippen LogP contribution in [0.2, 0.25) is 0 Å². The number of aliphatic imine (C=N–C) groups is 1. The topological polar surface area (TPSA) is 78.8 Å². The summed E-state index contributed by atoms with van der Waals surface area (Å²) in [6.45, 7) is 7.81. The van der Waals surface area contributed by atoms with Crippen LogP contribution in [0.4, 0.5) is 0 Å². The van der Waals surface area contributed by atoms with Gasteiger partial charge in [0.1, 0.15) is 11.5 Å². The van der Waals surface area contributed by atoms with Gasteiger partial charge in [-0.15, -0.1) is 0 Å². The zero-order valence-electron chi connectivity index (χ0n) is 16.6. The Kier molecular flexibility index (Phi) is 6.92. The fourth-order valence-corrected chi connectivity index (χ4v) is 3.67. The molecule has 0 spiro atoms. The first-order valence-corrected chi connectivity index (χ1v) is 9.95. The molecule has 2 N–H and O–H groups in total. The number of aryl methyl sites for hydroxylation is 2. The van der Waals surface area contributed by atoms with Gasteiger partial charge in [-0.05, 0) is 44.5 Å². The molecule has 0 aromatic carbocycles. The van der Waals surface area contributed by atoms with Crippen molar-refractivity contribution >= 4 is 5.96 Å². The number of guanidine groups is 1. The average Bonchev–Trinajstić information content (AvgIpc) is 3.46. The van der Waals surface area contributed by atoms with Crippen LogP contribution in [0.25, 0.3) is 0 Å². The van der Waals surface area contributed by atoms with Crippen molar-refractivity contribution < 1.29 is 8.94 Å². The minimum atomic E-state index is 0.217. The first kappa shape index (κ1) is 19.5. The highest BCUT2D eigenvalue weighted by atomic mass is 16.5. The van der Waals surface area contributed by atoms with Crippen LogP contribution in [0.1, 0.15) is 55.5 Å². The summed E-state index contributed by atoms with van der Waals surface area (Å²) in [7, 11) is 1.79. The number of rotatable bonds is 8. The molecule has 1 fully saturated rings. The van der Waals surface area contributed by atoms with E-state index in [-0.39, 0.29) is 6.04 Å². The molecular weight excluding hydrogens is 342 g/mol. The van der Waals surface area contributed by atoms with Crippen LogP contribution in [-0.4, -0.2) is 42.7 Å². The minimum Gasteiger partial charge on any atom is -0.468 e. The number of nitrogens with one attached hydrogen (secondary N) is 2. The predicted molar refractivity (Wildman–Crippen MR) is 106 cm³/mol. The summed E-state index contributed by atoms with van der Waals surface area (Å²) in [6.07, 6.45) is 5.94. The van der Waals surface area contributed by atoms with Gasteiger partial charge >= 0.3 is 0 Å². The zero-order chi connectivity index (χ0) is 19.1. The average molecular weight is 374 g/mol. The molecule has 1 atom stereocenters. The molecule has 3 rings (SSSR count). The lowest BCUT2D eigenvalue weighted by atomic mass is 10.1. The molecule has 148 valence electrons. The third kappa shape index (κ3) is 4.71. The lowest BCUT2D eigenvalue weighted by Crippen LogP contribution is -2.42. The van der Waals surface area contributed by atoms with Gasteiger partial charge in [-0.2, -0.15) is 0 Å². The summed E-state index contributed by atoms with van der Waals surface area (Å²) >= 11 is 0. The Morgan fingerprint density at radius 1 is 1.26 bits per heavy atom. The molecule has 1 saturated heterocycles. The third-order valence-corrected chi connectivity index (χ3v) is 5.18. The van der Waals surface area contributed by atoms with Gasteiger partial charge in [0.05, 0.1) is 18.0 Å². The van der Waals surface area contributed by atoms with Gasteiger partial charge in [0.25, 0.3) is 0 Å². The molecule has 3 heterocycles. The van der Waals surface area contributed by atoms with E-state index in [1.807, 2.05) is 6.07 Å². The summed E-state index contributed by atoms with van der Waals surface area (Å²) in [5.74, 6) is 2.72. The molecule has 0 aliphatic carbocycles. The molecule has 27 heavy (non-hydrogen) atoms. The van der Waals surface area contributed by atoms with E-state index in [0.29, 0.717) is 6.54 Å². The monoisotopic (exact) mass is 373 g/mol. The van der Waals surface area contributed by atoms with Gasteiger partial charge in [0.2, 0.25) is 0 Å². The Balaban J connectivity index is 1.60. The van der Waals surface area contributed by atoms with Gasteiger partial charge in [0.15, 0.2) is 5.96 Å². The van der Waals surface area contributed by atoms with Gasteiger partial charge in [-0.3, -0.25) is 9.89 Å². The van der Waals surface area contributed by atoms with Crippen molar-refractivity contribution in [1.29, 1.82) is 0 Å². The van der Waals surface area contributed by atoms with E-state index in [2.05, 4.69) is 45.6 Å². The molecule has 1 aliphatic heterocycles. The first-order valence-electron chi connectivity index (χ1n) is 9.95. The Morgan fingerprint density at radius 3 is 2.70 bits per heavy atom. The highest BCUT2D eigenvalue weighted by Gasteiger charge is 2.25. The lowest BCUT2D eigenvalue weighted by molar-refractivity contribution is 0.215. The fourth-order valence-electron chi connectivity index (χ4n) is 3.67. The molecule has 0 saturated carbocycles. The van der Waals surface area contributed by atoms with E-state index in [9.17, 15) is 0 Å². The number of hydrogen-bond donors (Lipinski definition) is 2. The molecule has 0 radical (unpaired) electrons. The van der Waals surface area contributed by atoms with Crippen LogP contribution in [0, 0.1) is 0 Å². The Labute approximate surface area is 161 Å². The zero-order valence-corrected chi connectivity index (χ0v) is 16.6. The highest BCUT2D eigenvalue weighted by Crippen LogP contribution is 2.24. The first-order chi connectivity index (χ1) is 13.3. The number of hydrogen-bond acceptors (Lipinski definition) is 5. The number of furan rings is 1. The molecule has 0 amide bonds. The van der Waals surface area contributed by atoms with Crippen LogP contribution in [-0.2, 0) is 19.4 Å². The normalized spacial score (nSPS) is 16.6. The molecular formula is C20H31N5O2. The van der Waals surface area contributed by atoms with Crippen LogP contribution in [0.5, 0.6) is 0 Å². The summed E-state index contributed by atoms with van der Waals surface area (Å²) in [4.78, 5) is 6.85. The van der Waals surface area contributed by atoms with Gasteiger partial charge in [-0.1, -0.05) is 19.0 Å². The van der Waals surface area contributed by atoms with Crippen molar-refractivity contribution in [2.75, 3.05) is 26.7 Å². The van der Waals surface area contributed by atoms with E-state index in [1.54, 1.807) is 13.3 Å². The molecule has 2 aromatic heterocycles. The highest BCUT2D eigenvalue weighted by molar-refractivity contribution is 5.79. The van der Waals surface area contributed by atoms with Crippen LogP contribution in [0.15, 0.2) is 32.3 Å². The molecule has 0 bridgehead atoms. The van der Waals surface area contributed by atoms with E-state index in [1.165, 1.54) is 12.8 Å². The Hall–Kier alpha value is -2.28. The maximum atomic E-state index is 5.69. The SMILES string of the molecule is CCc1noc(CC)c1CNC(=NC)NCC(c1ccco1)N1CCCC1. The predicted octanol–water partition coefficient (Wildman–Crippen LogP) is 2.89. The fraction of sp³-hybridized carbons (Fsp3) is 0.600. The maximum Gasteiger partial charge on any atom is 0.191 e.